The van der Waals surface area contributed by atoms with Gasteiger partial charge in [-0.25, -0.2) is 0 Å². The molecule has 1 saturated carbocycles. The molecule has 3 aliphatic rings. The predicted molar refractivity (Wildman–Crippen MR) is 52.7 cm³/mol. The smallest absolute Gasteiger partial charge is 0.156 e. The first-order chi connectivity index (χ1) is 6.80. The van der Waals surface area contributed by atoms with E-state index in [2.05, 4.69) is 18.2 Å². The van der Waals surface area contributed by atoms with Crippen LogP contribution in [0, 0.1) is 23.7 Å². The maximum atomic E-state index is 11.2. The molecule has 0 aromatic carbocycles. The number of aldehydes is 1. The van der Waals surface area contributed by atoms with Crippen molar-refractivity contribution < 1.29 is 9.53 Å². The second kappa shape index (κ2) is 2.57. The van der Waals surface area contributed by atoms with E-state index in [1.807, 2.05) is 6.08 Å². The maximum absolute atomic E-state index is 11.2. The fraction of sp³-hybridized carbons (Fsp3) is 0.583. The van der Waals surface area contributed by atoms with Gasteiger partial charge < -0.3 is 4.74 Å². The maximum Gasteiger partial charge on any atom is 0.156 e. The van der Waals surface area contributed by atoms with Crippen LogP contribution >= 0.6 is 0 Å². The second-order valence-corrected chi connectivity index (χ2v) is 4.59. The summed E-state index contributed by atoms with van der Waals surface area (Å²) in [6.07, 6.45) is 10.9. The molecule has 0 aliphatic heterocycles. The summed E-state index contributed by atoms with van der Waals surface area (Å²) in [4.78, 5) is 11.2. The molecule has 0 heterocycles. The molecule has 1 fully saturated rings. The summed E-state index contributed by atoms with van der Waals surface area (Å²) in [5.74, 6) is 2.10. The summed E-state index contributed by atoms with van der Waals surface area (Å²) >= 11 is 0. The van der Waals surface area contributed by atoms with Crippen LogP contribution in [0.3, 0.4) is 0 Å². The van der Waals surface area contributed by atoms with Crippen molar-refractivity contribution in [2.45, 2.75) is 12.0 Å². The zero-order valence-corrected chi connectivity index (χ0v) is 8.22. The molecular weight excluding hydrogens is 176 g/mol. The topological polar surface area (TPSA) is 26.3 Å². The Labute approximate surface area is 83.6 Å². The van der Waals surface area contributed by atoms with E-state index in [1.54, 1.807) is 7.11 Å². The monoisotopic (exact) mass is 190 g/mol. The Bertz CT molecular complexity index is 331. The van der Waals surface area contributed by atoms with Crippen molar-refractivity contribution >= 4 is 6.29 Å². The number of fused-ring (bicyclic) bond motifs is 5. The Kier molecular flexibility index (Phi) is 1.55. The molecule has 0 saturated heterocycles. The number of allylic oxidation sites excluding steroid dienone is 3. The van der Waals surface area contributed by atoms with Gasteiger partial charge in [-0.1, -0.05) is 18.2 Å². The summed E-state index contributed by atoms with van der Waals surface area (Å²) < 4.78 is 5.43. The molecule has 3 rings (SSSR count). The highest BCUT2D eigenvalue weighted by atomic mass is 16.5. The van der Waals surface area contributed by atoms with Crippen LogP contribution in [0.1, 0.15) is 6.42 Å². The van der Waals surface area contributed by atoms with Gasteiger partial charge in [-0.15, -0.1) is 0 Å². The van der Waals surface area contributed by atoms with Crippen molar-refractivity contribution in [2.75, 3.05) is 7.11 Å². The third kappa shape index (κ3) is 0.782. The van der Waals surface area contributed by atoms with Crippen LogP contribution in [-0.4, -0.2) is 19.0 Å². The Morgan fingerprint density at radius 2 is 2.14 bits per heavy atom. The third-order valence-corrected chi connectivity index (χ3v) is 4.16. The summed E-state index contributed by atoms with van der Waals surface area (Å²) in [5.41, 5.74) is -0.630. The van der Waals surface area contributed by atoms with Crippen LogP contribution in [0.25, 0.3) is 0 Å². The van der Waals surface area contributed by atoms with E-state index in [9.17, 15) is 4.79 Å². The van der Waals surface area contributed by atoms with E-state index in [0.717, 1.165) is 6.29 Å². The average molecular weight is 190 g/mol. The SMILES string of the molecule is COC1(C=O)C=CC2C3C=CC(C3)C21. The van der Waals surface area contributed by atoms with Gasteiger partial charge in [-0.05, 0) is 30.3 Å². The normalized spacial score (nSPS) is 52.6. The van der Waals surface area contributed by atoms with Crippen molar-refractivity contribution in [3.63, 3.8) is 0 Å². The van der Waals surface area contributed by atoms with E-state index < -0.39 is 5.60 Å². The zero-order chi connectivity index (χ0) is 9.76. The molecule has 5 atom stereocenters. The highest BCUT2D eigenvalue weighted by Gasteiger charge is 2.56. The van der Waals surface area contributed by atoms with E-state index in [-0.39, 0.29) is 0 Å². The number of carbonyl (C=O) groups excluding carboxylic acids is 1. The number of hydrogen-bond acceptors (Lipinski definition) is 2. The Hall–Kier alpha value is -0.890. The number of hydrogen-bond donors (Lipinski definition) is 0. The minimum Gasteiger partial charge on any atom is -0.366 e. The first-order valence-electron chi connectivity index (χ1n) is 5.20. The van der Waals surface area contributed by atoms with Gasteiger partial charge in [0.1, 0.15) is 5.60 Å². The molecule has 5 unspecified atom stereocenters. The van der Waals surface area contributed by atoms with Gasteiger partial charge in [0.05, 0.1) is 0 Å². The molecule has 2 nitrogen and oxygen atoms in total. The molecule has 0 N–H and O–H groups in total. The summed E-state index contributed by atoms with van der Waals surface area (Å²) in [5, 5.41) is 0. The van der Waals surface area contributed by atoms with Gasteiger partial charge in [0.25, 0.3) is 0 Å². The largest absolute Gasteiger partial charge is 0.366 e. The molecule has 74 valence electrons. The van der Waals surface area contributed by atoms with Gasteiger partial charge in [-0.2, -0.15) is 0 Å². The van der Waals surface area contributed by atoms with Crippen LogP contribution in [0.4, 0.5) is 0 Å². The van der Waals surface area contributed by atoms with E-state index in [1.165, 1.54) is 6.42 Å². The minimum absolute atomic E-state index is 0.361. The first kappa shape index (κ1) is 8.42. The van der Waals surface area contributed by atoms with Crippen molar-refractivity contribution in [1.29, 1.82) is 0 Å². The molecule has 2 bridgehead atoms. The lowest BCUT2D eigenvalue weighted by molar-refractivity contribution is -0.128. The van der Waals surface area contributed by atoms with E-state index in [4.69, 9.17) is 4.74 Å². The first-order valence-corrected chi connectivity index (χ1v) is 5.20. The summed E-state index contributed by atoms with van der Waals surface area (Å²) in [6, 6.07) is 0. The molecule has 3 aliphatic carbocycles. The van der Waals surface area contributed by atoms with Gasteiger partial charge in [0.15, 0.2) is 6.29 Å². The van der Waals surface area contributed by atoms with E-state index in [0.29, 0.717) is 23.7 Å². The Morgan fingerprint density at radius 1 is 1.36 bits per heavy atom. The molecule has 14 heavy (non-hydrogen) atoms. The lowest BCUT2D eigenvalue weighted by atomic mass is 9.78. The molecule has 0 aromatic rings. The standard InChI is InChI=1S/C12H14O2/c1-14-12(7-13)5-4-10-8-2-3-9(6-8)11(10)12/h2-5,7-11H,6H2,1H3. The molecule has 0 aromatic heterocycles. The number of carbonyl (C=O) groups is 1. The number of rotatable bonds is 2. The fourth-order valence-corrected chi connectivity index (χ4v) is 3.50. The van der Waals surface area contributed by atoms with Gasteiger partial charge in [-0.3, -0.25) is 4.79 Å². The highest BCUT2D eigenvalue weighted by Crippen LogP contribution is 2.56. The van der Waals surface area contributed by atoms with Crippen molar-refractivity contribution in [2.24, 2.45) is 23.7 Å². The fourth-order valence-electron chi connectivity index (χ4n) is 3.50. The van der Waals surface area contributed by atoms with Gasteiger partial charge in [0.2, 0.25) is 0 Å². The predicted octanol–water partition coefficient (Wildman–Crippen LogP) is 1.58. The van der Waals surface area contributed by atoms with Crippen LogP contribution in [0.5, 0.6) is 0 Å². The lowest BCUT2D eigenvalue weighted by Crippen LogP contribution is -2.41. The van der Waals surface area contributed by atoms with Crippen LogP contribution in [0.2, 0.25) is 0 Å². The van der Waals surface area contributed by atoms with Crippen molar-refractivity contribution in [1.82, 2.24) is 0 Å². The van der Waals surface area contributed by atoms with Crippen LogP contribution in [0.15, 0.2) is 24.3 Å². The summed E-state index contributed by atoms with van der Waals surface area (Å²) in [6.45, 7) is 0. The molecule has 2 heteroatoms. The molecule has 0 amide bonds. The average Bonchev–Trinajstić information content (AvgIpc) is 2.90. The highest BCUT2D eigenvalue weighted by molar-refractivity contribution is 5.69. The number of ether oxygens (including phenoxy) is 1. The second-order valence-electron chi connectivity index (χ2n) is 4.59. The Balaban J connectivity index is 2.03. The summed E-state index contributed by atoms with van der Waals surface area (Å²) in [7, 11) is 1.64. The zero-order valence-electron chi connectivity index (χ0n) is 8.22. The van der Waals surface area contributed by atoms with Gasteiger partial charge in [0, 0.05) is 13.0 Å². The van der Waals surface area contributed by atoms with Gasteiger partial charge >= 0.3 is 0 Å². The van der Waals surface area contributed by atoms with Crippen LogP contribution < -0.4 is 0 Å². The van der Waals surface area contributed by atoms with Crippen molar-refractivity contribution in [3.8, 4) is 0 Å². The number of methoxy groups -OCH3 is 1. The molecule has 0 radical (unpaired) electrons. The quantitative estimate of drug-likeness (QED) is 0.488. The molecule has 0 spiro atoms. The van der Waals surface area contributed by atoms with E-state index >= 15 is 0 Å². The Morgan fingerprint density at radius 3 is 2.86 bits per heavy atom. The van der Waals surface area contributed by atoms with Crippen molar-refractivity contribution in [3.05, 3.63) is 24.3 Å². The van der Waals surface area contributed by atoms with Crippen LogP contribution in [-0.2, 0) is 9.53 Å². The minimum atomic E-state index is -0.630. The molecular formula is C12H14O2. The third-order valence-electron chi connectivity index (χ3n) is 4.16. The lowest BCUT2D eigenvalue weighted by Gasteiger charge is -2.32.